The molecule has 2 rings (SSSR count). The fourth-order valence-electron chi connectivity index (χ4n) is 1.65. The van der Waals surface area contributed by atoms with Gasteiger partial charge in [0.05, 0.1) is 17.7 Å². The average Bonchev–Trinajstić information content (AvgIpc) is 2.41. The number of ketones is 1. The first-order valence-corrected chi connectivity index (χ1v) is 6.53. The zero-order valence-corrected chi connectivity index (χ0v) is 12.3. The molecule has 0 bridgehead atoms. The van der Waals surface area contributed by atoms with E-state index >= 15 is 0 Å². The summed E-state index contributed by atoms with van der Waals surface area (Å²) in [5, 5.41) is 0.503. The van der Waals surface area contributed by atoms with Crippen LogP contribution in [-0.2, 0) is 0 Å². The van der Waals surface area contributed by atoms with Gasteiger partial charge < -0.3 is 4.74 Å². The van der Waals surface area contributed by atoms with Gasteiger partial charge in [-0.3, -0.25) is 4.79 Å². The Balaban J connectivity index is 2.49. The van der Waals surface area contributed by atoms with Crippen molar-refractivity contribution in [2.45, 2.75) is 0 Å². The van der Waals surface area contributed by atoms with Crippen LogP contribution in [0.5, 0.6) is 5.75 Å². The summed E-state index contributed by atoms with van der Waals surface area (Å²) in [6.45, 7) is 0. The number of hydrogen-bond acceptors (Lipinski definition) is 2. The Morgan fingerprint density at radius 1 is 1.26 bits per heavy atom. The van der Waals surface area contributed by atoms with Crippen LogP contribution in [0, 0.1) is 5.82 Å². The fourth-order valence-corrected chi connectivity index (χ4v) is 2.15. The number of methoxy groups -OCH3 is 1. The highest BCUT2D eigenvalue weighted by Crippen LogP contribution is 2.27. The smallest absolute Gasteiger partial charge is 0.196 e. The summed E-state index contributed by atoms with van der Waals surface area (Å²) in [5.74, 6) is -0.483. The molecule has 0 aliphatic heterocycles. The van der Waals surface area contributed by atoms with Crippen molar-refractivity contribution in [3.63, 3.8) is 0 Å². The first kappa shape index (κ1) is 14.0. The zero-order valence-electron chi connectivity index (χ0n) is 9.91. The summed E-state index contributed by atoms with van der Waals surface area (Å²) in [5.41, 5.74) is 0.580. The van der Waals surface area contributed by atoms with Gasteiger partial charge in [0.25, 0.3) is 0 Å². The van der Waals surface area contributed by atoms with Crippen molar-refractivity contribution < 1.29 is 13.9 Å². The number of carbonyl (C=O) groups excluding carboxylic acids is 1. The van der Waals surface area contributed by atoms with Crippen LogP contribution in [0.4, 0.5) is 4.39 Å². The van der Waals surface area contributed by atoms with Gasteiger partial charge in [0, 0.05) is 10.0 Å². The van der Waals surface area contributed by atoms with Crippen molar-refractivity contribution in [1.82, 2.24) is 0 Å². The maximum Gasteiger partial charge on any atom is 0.196 e. The van der Waals surface area contributed by atoms with Crippen molar-refractivity contribution in [2.24, 2.45) is 0 Å². The molecule has 98 valence electrons. The standard InChI is InChI=1S/C14H9BrClFO2/c1-19-13-5-3-9(17)7-10(13)14(18)8-2-4-12(16)11(15)6-8/h2-7H,1H3. The maximum atomic E-state index is 13.3. The maximum absolute atomic E-state index is 13.3. The summed E-state index contributed by atoms with van der Waals surface area (Å²) in [6, 6.07) is 8.60. The largest absolute Gasteiger partial charge is 0.496 e. The third kappa shape index (κ3) is 2.96. The molecule has 19 heavy (non-hydrogen) atoms. The second-order valence-corrected chi connectivity index (χ2v) is 5.06. The van der Waals surface area contributed by atoms with Gasteiger partial charge in [-0.25, -0.2) is 4.39 Å². The predicted octanol–water partition coefficient (Wildman–Crippen LogP) is 4.48. The van der Waals surface area contributed by atoms with E-state index in [-0.39, 0.29) is 11.3 Å². The van der Waals surface area contributed by atoms with E-state index in [2.05, 4.69) is 15.9 Å². The van der Waals surface area contributed by atoms with Crippen LogP contribution in [0.25, 0.3) is 0 Å². The lowest BCUT2D eigenvalue weighted by atomic mass is 10.0. The highest BCUT2D eigenvalue weighted by molar-refractivity contribution is 9.10. The molecule has 2 nitrogen and oxygen atoms in total. The lowest BCUT2D eigenvalue weighted by Crippen LogP contribution is -2.04. The van der Waals surface area contributed by atoms with E-state index in [4.69, 9.17) is 16.3 Å². The second kappa shape index (κ2) is 5.72. The Bertz CT molecular complexity index is 643. The Labute approximate surface area is 123 Å². The summed E-state index contributed by atoms with van der Waals surface area (Å²) in [6.07, 6.45) is 0. The van der Waals surface area contributed by atoms with Gasteiger partial charge in [0.15, 0.2) is 5.78 Å². The molecule has 2 aromatic rings. The number of carbonyl (C=O) groups is 1. The summed E-state index contributed by atoms with van der Waals surface area (Å²) in [7, 11) is 1.43. The molecule has 0 heterocycles. The van der Waals surface area contributed by atoms with E-state index in [1.807, 2.05) is 0 Å². The summed E-state index contributed by atoms with van der Waals surface area (Å²) in [4.78, 5) is 12.3. The lowest BCUT2D eigenvalue weighted by Gasteiger charge is -2.08. The molecule has 0 N–H and O–H groups in total. The molecule has 0 aliphatic rings. The van der Waals surface area contributed by atoms with Gasteiger partial charge in [0.2, 0.25) is 0 Å². The van der Waals surface area contributed by atoms with Crippen molar-refractivity contribution in [1.29, 1.82) is 0 Å². The molecule has 0 saturated heterocycles. The normalized spacial score (nSPS) is 10.3. The van der Waals surface area contributed by atoms with Gasteiger partial charge in [-0.2, -0.15) is 0 Å². The molecule has 5 heteroatoms. The summed E-state index contributed by atoms with van der Waals surface area (Å²) >= 11 is 9.12. The van der Waals surface area contributed by atoms with Crippen molar-refractivity contribution in [3.8, 4) is 5.75 Å². The van der Waals surface area contributed by atoms with Gasteiger partial charge in [0.1, 0.15) is 11.6 Å². The molecule has 0 amide bonds. The van der Waals surface area contributed by atoms with Crippen LogP contribution < -0.4 is 4.74 Å². The van der Waals surface area contributed by atoms with Crippen LogP contribution in [-0.4, -0.2) is 12.9 Å². The number of rotatable bonds is 3. The van der Waals surface area contributed by atoms with Crippen LogP contribution >= 0.6 is 27.5 Å². The fraction of sp³-hybridized carbons (Fsp3) is 0.0714. The van der Waals surface area contributed by atoms with Gasteiger partial charge in [-0.05, 0) is 52.3 Å². The Hall–Kier alpha value is -1.39. The van der Waals surface area contributed by atoms with E-state index in [0.717, 1.165) is 6.07 Å². The lowest BCUT2D eigenvalue weighted by molar-refractivity contribution is 0.103. The van der Waals surface area contributed by atoms with E-state index in [9.17, 15) is 9.18 Å². The number of benzene rings is 2. The minimum atomic E-state index is -0.489. The number of halogens is 3. The molecule has 0 unspecified atom stereocenters. The molecular weight excluding hydrogens is 335 g/mol. The molecule has 2 aromatic carbocycles. The number of ether oxygens (including phenoxy) is 1. The highest BCUT2D eigenvalue weighted by Gasteiger charge is 2.16. The Morgan fingerprint density at radius 3 is 2.63 bits per heavy atom. The monoisotopic (exact) mass is 342 g/mol. The average molecular weight is 344 g/mol. The molecule has 0 aliphatic carbocycles. The second-order valence-electron chi connectivity index (χ2n) is 3.80. The van der Waals surface area contributed by atoms with E-state index in [1.165, 1.54) is 19.2 Å². The van der Waals surface area contributed by atoms with Crippen molar-refractivity contribution in [2.75, 3.05) is 7.11 Å². The minimum Gasteiger partial charge on any atom is -0.496 e. The Kier molecular flexibility index (Phi) is 4.22. The van der Waals surface area contributed by atoms with Crippen molar-refractivity contribution in [3.05, 3.63) is 62.8 Å². The topological polar surface area (TPSA) is 26.3 Å². The third-order valence-electron chi connectivity index (χ3n) is 2.59. The van der Waals surface area contributed by atoms with Crippen LogP contribution in [0.3, 0.4) is 0 Å². The molecule has 0 saturated carbocycles. The van der Waals surface area contributed by atoms with Crippen LogP contribution in [0.15, 0.2) is 40.9 Å². The van der Waals surface area contributed by atoms with Crippen molar-refractivity contribution >= 4 is 33.3 Å². The third-order valence-corrected chi connectivity index (χ3v) is 3.80. The zero-order chi connectivity index (χ0) is 14.0. The molecule has 0 fully saturated rings. The first-order valence-electron chi connectivity index (χ1n) is 5.36. The van der Waals surface area contributed by atoms with E-state index < -0.39 is 5.82 Å². The molecule has 0 radical (unpaired) electrons. The van der Waals surface area contributed by atoms with Gasteiger partial charge in [-0.15, -0.1) is 0 Å². The van der Waals surface area contributed by atoms with Gasteiger partial charge >= 0.3 is 0 Å². The predicted molar refractivity (Wildman–Crippen MR) is 75.5 cm³/mol. The van der Waals surface area contributed by atoms with E-state index in [1.54, 1.807) is 18.2 Å². The SMILES string of the molecule is COc1ccc(F)cc1C(=O)c1ccc(Cl)c(Br)c1. The molecular formula is C14H9BrClFO2. The molecule has 0 atom stereocenters. The number of hydrogen-bond donors (Lipinski definition) is 0. The highest BCUT2D eigenvalue weighted by atomic mass is 79.9. The Morgan fingerprint density at radius 2 is 2.00 bits per heavy atom. The van der Waals surface area contributed by atoms with Crippen LogP contribution in [0.2, 0.25) is 5.02 Å². The van der Waals surface area contributed by atoms with E-state index in [0.29, 0.717) is 20.8 Å². The first-order chi connectivity index (χ1) is 9.02. The molecule has 0 aromatic heterocycles. The summed E-state index contributed by atoms with van der Waals surface area (Å²) < 4.78 is 18.9. The minimum absolute atomic E-state index is 0.178. The van der Waals surface area contributed by atoms with Crippen LogP contribution in [0.1, 0.15) is 15.9 Å². The quantitative estimate of drug-likeness (QED) is 0.768. The molecule has 0 spiro atoms. The van der Waals surface area contributed by atoms with Gasteiger partial charge in [-0.1, -0.05) is 11.6 Å².